The number of Topliss-reactive ketones (excluding diaryl/α,β-unsaturated/α-hetero) is 1. The Kier molecular flexibility index (Phi) is 13.3. The fourth-order valence-corrected chi connectivity index (χ4v) is 3.75. The second-order valence-electron chi connectivity index (χ2n) is 10.3. The smallest absolute Gasteiger partial charge is 0.251 e. The van der Waals surface area contributed by atoms with Crippen LogP contribution in [0.2, 0.25) is 0 Å². The van der Waals surface area contributed by atoms with Crippen molar-refractivity contribution in [1.82, 2.24) is 5.32 Å². The number of carbonyl (C=O) groups excluding carboxylic acids is 2. The first-order chi connectivity index (χ1) is 18.1. The molecule has 0 fully saturated rings. The monoisotopic (exact) mass is 527 g/mol. The van der Waals surface area contributed by atoms with E-state index in [0.29, 0.717) is 45.0 Å². The molecular weight excluding hydrogens is 482 g/mol. The summed E-state index contributed by atoms with van der Waals surface area (Å²) in [5, 5.41) is 2.96. The highest BCUT2D eigenvalue weighted by molar-refractivity contribution is 5.96. The fraction of sp³-hybridized carbons (Fsp3) is 0.533. The number of hydrogen-bond acceptors (Lipinski definition) is 7. The van der Waals surface area contributed by atoms with Gasteiger partial charge in [0.2, 0.25) is 0 Å². The Morgan fingerprint density at radius 3 is 1.84 bits per heavy atom. The number of benzene rings is 2. The van der Waals surface area contributed by atoms with Gasteiger partial charge in [-0.05, 0) is 68.3 Å². The van der Waals surface area contributed by atoms with Crippen LogP contribution < -0.4 is 15.1 Å². The van der Waals surface area contributed by atoms with Crippen molar-refractivity contribution in [3.8, 4) is 0 Å². The summed E-state index contributed by atoms with van der Waals surface area (Å²) in [6.07, 6.45) is 0.354. The molecule has 8 heteroatoms. The van der Waals surface area contributed by atoms with E-state index in [0.717, 1.165) is 16.9 Å². The van der Waals surface area contributed by atoms with Crippen molar-refractivity contribution < 1.29 is 23.8 Å². The summed E-state index contributed by atoms with van der Waals surface area (Å²) >= 11 is 0. The van der Waals surface area contributed by atoms with Crippen LogP contribution in [0.3, 0.4) is 0 Å². The summed E-state index contributed by atoms with van der Waals surface area (Å²) in [4.78, 5) is 28.9. The van der Waals surface area contributed by atoms with E-state index in [1.807, 2.05) is 107 Å². The van der Waals surface area contributed by atoms with Crippen LogP contribution in [-0.2, 0) is 14.2 Å². The molecule has 3 atom stereocenters. The first-order valence-corrected chi connectivity index (χ1v) is 13.2. The normalized spacial score (nSPS) is 13.4. The molecule has 0 aliphatic rings. The van der Waals surface area contributed by atoms with Crippen molar-refractivity contribution in [3.05, 3.63) is 59.7 Å². The van der Waals surface area contributed by atoms with Gasteiger partial charge in [0, 0.05) is 69.8 Å². The Bertz CT molecular complexity index is 976. The highest BCUT2D eigenvalue weighted by Crippen LogP contribution is 2.16. The maximum Gasteiger partial charge on any atom is 0.251 e. The third-order valence-corrected chi connectivity index (χ3v) is 6.02. The minimum Gasteiger partial charge on any atom is -0.379 e. The summed E-state index contributed by atoms with van der Waals surface area (Å²) in [5.41, 5.74) is 3.47. The van der Waals surface area contributed by atoms with Crippen LogP contribution in [0.15, 0.2) is 48.5 Å². The lowest BCUT2D eigenvalue weighted by Crippen LogP contribution is -2.36. The molecule has 2 rings (SSSR count). The molecule has 0 spiro atoms. The molecule has 3 unspecified atom stereocenters. The molecule has 2 aromatic carbocycles. The number of ketones is 1. The first-order valence-electron chi connectivity index (χ1n) is 13.2. The van der Waals surface area contributed by atoms with Gasteiger partial charge in [-0.25, -0.2) is 0 Å². The molecule has 0 heterocycles. The van der Waals surface area contributed by atoms with Crippen LogP contribution in [0, 0.1) is 5.92 Å². The van der Waals surface area contributed by atoms with E-state index < -0.39 is 0 Å². The average molecular weight is 528 g/mol. The van der Waals surface area contributed by atoms with E-state index in [2.05, 4.69) is 5.32 Å². The molecule has 0 saturated carbocycles. The van der Waals surface area contributed by atoms with Gasteiger partial charge in [-0.3, -0.25) is 9.59 Å². The zero-order valence-electron chi connectivity index (χ0n) is 24.0. The van der Waals surface area contributed by atoms with E-state index in [1.165, 1.54) is 0 Å². The van der Waals surface area contributed by atoms with E-state index in [1.54, 1.807) is 0 Å². The van der Waals surface area contributed by atoms with E-state index in [4.69, 9.17) is 14.2 Å². The Balaban J connectivity index is 1.54. The van der Waals surface area contributed by atoms with Gasteiger partial charge in [-0.1, -0.05) is 6.92 Å². The van der Waals surface area contributed by atoms with Gasteiger partial charge in [0.1, 0.15) is 0 Å². The Morgan fingerprint density at radius 1 is 0.737 bits per heavy atom. The Morgan fingerprint density at radius 2 is 1.29 bits per heavy atom. The predicted octanol–water partition coefficient (Wildman–Crippen LogP) is 4.28. The molecule has 1 amide bonds. The van der Waals surface area contributed by atoms with Gasteiger partial charge < -0.3 is 29.3 Å². The minimum atomic E-state index is -0.123. The second kappa shape index (κ2) is 16.1. The number of amides is 1. The van der Waals surface area contributed by atoms with Crippen LogP contribution in [-0.4, -0.2) is 85.1 Å². The lowest BCUT2D eigenvalue weighted by Gasteiger charge is -2.18. The first kappa shape index (κ1) is 31.3. The van der Waals surface area contributed by atoms with E-state index in [-0.39, 0.29) is 29.8 Å². The Hall–Kier alpha value is -2.94. The molecule has 0 saturated heterocycles. The van der Waals surface area contributed by atoms with Crippen molar-refractivity contribution in [3.63, 3.8) is 0 Å². The van der Waals surface area contributed by atoms with E-state index >= 15 is 0 Å². The lowest BCUT2D eigenvalue weighted by molar-refractivity contribution is -0.0350. The average Bonchev–Trinajstić information content (AvgIpc) is 2.88. The number of nitrogens with one attached hydrogen (secondary N) is 1. The molecule has 1 N–H and O–H groups in total. The van der Waals surface area contributed by atoms with Gasteiger partial charge in [0.25, 0.3) is 5.91 Å². The number of ether oxygens (including phenoxy) is 3. The molecule has 2 aromatic rings. The van der Waals surface area contributed by atoms with Gasteiger partial charge in [-0.2, -0.15) is 0 Å². The third kappa shape index (κ3) is 11.2. The van der Waals surface area contributed by atoms with Crippen LogP contribution >= 0.6 is 0 Å². The Labute approximate surface area is 228 Å². The van der Waals surface area contributed by atoms with Crippen molar-refractivity contribution in [2.75, 3.05) is 71.0 Å². The largest absolute Gasteiger partial charge is 0.379 e. The zero-order chi connectivity index (χ0) is 28.1. The van der Waals surface area contributed by atoms with Crippen molar-refractivity contribution in [2.45, 2.75) is 39.3 Å². The summed E-state index contributed by atoms with van der Waals surface area (Å²) in [5.74, 6) is 0.131. The molecule has 0 radical (unpaired) electrons. The lowest BCUT2D eigenvalue weighted by atomic mass is 10.00. The summed E-state index contributed by atoms with van der Waals surface area (Å²) in [7, 11) is 7.88. The highest BCUT2D eigenvalue weighted by Gasteiger charge is 2.13. The molecule has 0 aliphatic heterocycles. The number of anilines is 2. The topological polar surface area (TPSA) is 80.3 Å². The predicted molar refractivity (Wildman–Crippen MR) is 154 cm³/mol. The second-order valence-corrected chi connectivity index (χ2v) is 10.3. The van der Waals surface area contributed by atoms with Gasteiger partial charge in [-0.15, -0.1) is 0 Å². The summed E-state index contributed by atoms with van der Waals surface area (Å²) in [6, 6.07) is 15.0. The summed E-state index contributed by atoms with van der Waals surface area (Å²) in [6.45, 7) is 8.11. The van der Waals surface area contributed by atoms with Crippen LogP contribution in [0.25, 0.3) is 0 Å². The molecule has 38 heavy (non-hydrogen) atoms. The highest BCUT2D eigenvalue weighted by atomic mass is 16.5. The van der Waals surface area contributed by atoms with Crippen molar-refractivity contribution in [2.24, 2.45) is 5.92 Å². The molecule has 0 aliphatic carbocycles. The van der Waals surface area contributed by atoms with Crippen LogP contribution in [0.1, 0.15) is 47.9 Å². The molecule has 8 nitrogen and oxygen atoms in total. The number of carbonyl (C=O) groups is 2. The fourth-order valence-electron chi connectivity index (χ4n) is 3.75. The number of hydrogen-bond donors (Lipinski definition) is 1. The number of nitrogens with zero attached hydrogens (tertiary/aromatic N) is 2. The zero-order valence-corrected chi connectivity index (χ0v) is 24.0. The minimum absolute atomic E-state index is 0.0933. The number of rotatable bonds is 17. The van der Waals surface area contributed by atoms with Gasteiger partial charge in [0.15, 0.2) is 5.78 Å². The molecular formula is C30H45N3O5. The van der Waals surface area contributed by atoms with Gasteiger partial charge in [0.05, 0.1) is 32.5 Å². The van der Waals surface area contributed by atoms with Crippen LogP contribution in [0.5, 0.6) is 0 Å². The molecule has 0 bridgehead atoms. The van der Waals surface area contributed by atoms with Crippen molar-refractivity contribution in [1.29, 1.82) is 0 Å². The standard InChI is InChI=1S/C30H45N3O5/c1-22(18-29(34)25-8-12-27(13-9-25)32(4)5)19-36-16-17-38-24(3)21-37-20-23(2)31-30(35)26-10-14-28(15-11-26)33(6)7/h8-15,22-24H,16-21H2,1-7H3,(H,31,35). The SMILES string of the molecule is CC(COCCOC(C)COCC(C)NC(=O)c1ccc(N(C)C)cc1)CC(=O)c1ccc(N(C)C)cc1. The maximum atomic E-state index is 12.5. The van der Waals surface area contributed by atoms with Gasteiger partial charge >= 0.3 is 0 Å². The molecule has 210 valence electrons. The molecule has 0 aromatic heterocycles. The quantitative estimate of drug-likeness (QED) is 0.243. The van der Waals surface area contributed by atoms with Crippen LogP contribution in [0.4, 0.5) is 11.4 Å². The maximum absolute atomic E-state index is 12.5. The third-order valence-electron chi connectivity index (χ3n) is 6.02. The van der Waals surface area contributed by atoms with Crippen molar-refractivity contribution >= 4 is 23.1 Å². The van der Waals surface area contributed by atoms with E-state index in [9.17, 15) is 9.59 Å². The summed E-state index contributed by atoms with van der Waals surface area (Å²) < 4.78 is 17.2.